The van der Waals surface area contributed by atoms with Crippen molar-refractivity contribution < 1.29 is 24.5 Å². The van der Waals surface area contributed by atoms with Crippen LogP contribution in [-0.4, -0.2) is 47.4 Å². The van der Waals surface area contributed by atoms with Crippen LogP contribution in [0.1, 0.15) is 418 Å². The second-order valence-electron chi connectivity index (χ2n) is 25.3. The highest BCUT2D eigenvalue weighted by Gasteiger charge is 2.20. The maximum Gasteiger partial charge on any atom is 0.305 e. The lowest BCUT2D eigenvalue weighted by atomic mass is 10.0. The Morgan fingerprint density at radius 3 is 0.899 bits per heavy atom. The number of aliphatic hydroxyl groups is 2. The minimum Gasteiger partial charge on any atom is -0.466 e. The molecule has 0 spiro atoms. The van der Waals surface area contributed by atoms with E-state index in [0.29, 0.717) is 25.9 Å². The van der Waals surface area contributed by atoms with Crippen molar-refractivity contribution in [1.29, 1.82) is 0 Å². The Labute approximate surface area is 495 Å². The Morgan fingerprint density at radius 1 is 0.342 bits per heavy atom. The molecule has 0 heterocycles. The fourth-order valence-electron chi connectivity index (χ4n) is 11.8. The summed E-state index contributed by atoms with van der Waals surface area (Å²) in [4.78, 5) is 24.7. The Hall–Kier alpha value is -1.40. The molecular formula is C73H143NO5. The van der Waals surface area contributed by atoms with Crippen LogP contribution in [-0.2, 0) is 14.3 Å². The van der Waals surface area contributed by atoms with Crippen molar-refractivity contribution in [2.24, 2.45) is 0 Å². The molecule has 0 fully saturated rings. The van der Waals surface area contributed by atoms with Crippen LogP contribution in [0.25, 0.3) is 0 Å². The molecule has 0 aromatic rings. The summed E-state index contributed by atoms with van der Waals surface area (Å²) in [6.45, 7) is 5.00. The highest BCUT2D eigenvalue weighted by molar-refractivity contribution is 5.76. The van der Waals surface area contributed by atoms with Crippen LogP contribution in [0.2, 0.25) is 0 Å². The van der Waals surface area contributed by atoms with E-state index >= 15 is 0 Å². The zero-order valence-electron chi connectivity index (χ0n) is 53.9. The lowest BCUT2D eigenvalue weighted by molar-refractivity contribution is -0.143. The third-order valence-electron chi connectivity index (χ3n) is 17.3. The summed E-state index contributed by atoms with van der Waals surface area (Å²) in [5.41, 5.74) is 0. The van der Waals surface area contributed by atoms with Gasteiger partial charge in [0.15, 0.2) is 0 Å². The molecule has 0 saturated carbocycles. The first-order valence-electron chi connectivity index (χ1n) is 36.4. The van der Waals surface area contributed by atoms with Crippen LogP contribution < -0.4 is 5.32 Å². The van der Waals surface area contributed by atoms with E-state index in [2.05, 4.69) is 31.3 Å². The Morgan fingerprint density at radius 2 is 0.595 bits per heavy atom. The number of unbranched alkanes of at least 4 members (excludes halogenated alkanes) is 56. The Balaban J connectivity index is 3.40. The number of allylic oxidation sites excluding steroid dienone is 2. The largest absolute Gasteiger partial charge is 0.466 e. The van der Waals surface area contributed by atoms with E-state index in [-0.39, 0.29) is 18.5 Å². The van der Waals surface area contributed by atoms with Crippen molar-refractivity contribution in [3.05, 3.63) is 12.2 Å². The predicted octanol–water partition coefficient (Wildman–Crippen LogP) is 23.5. The van der Waals surface area contributed by atoms with Crippen LogP contribution in [0.3, 0.4) is 0 Å². The third-order valence-corrected chi connectivity index (χ3v) is 17.3. The van der Waals surface area contributed by atoms with Crippen LogP contribution in [0, 0.1) is 0 Å². The summed E-state index contributed by atoms with van der Waals surface area (Å²) in [6.07, 6.45) is 85.5. The SMILES string of the molecule is CCCCCCCCCCCCCCCCCCCCCCCCCC(O)C(CO)NC(=O)CCCCCCCCC/C=C\CCCCCCCCCCCOC(=O)CCCCCCCCCCCCCCCCCCCCC. The molecule has 0 aliphatic carbocycles. The number of carbonyl (C=O) groups excluding carboxylic acids is 2. The van der Waals surface area contributed by atoms with Crippen LogP contribution >= 0.6 is 0 Å². The third kappa shape index (κ3) is 65.6. The molecule has 0 aromatic carbocycles. The van der Waals surface area contributed by atoms with Gasteiger partial charge >= 0.3 is 5.97 Å². The number of carbonyl (C=O) groups is 2. The Bertz CT molecular complexity index is 1190. The summed E-state index contributed by atoms with van der Waals surface area (Å²) >= 11 is 0. The van der Waals surface area contributed by atoms with Gasteiger partial charge in [-0.1, -0.05) is 366 Å². The lowest BCUT2D eigenvalue weighted by Crippen LogP contribution is -2.45. The summed E-state index contributed by atoms with van der Waals surface area (Å²) < 4.78 is 5.51. The zero-order chi connectivity index (χ0) is 57.1. The first-order chi connectivity index (χ1) is 39.0. The maximum atomic E-state index is 12.6. The molecule has 79 heavy (non-hydrogen) atoms. The van der Waals surface area contributed by atoms with Crippen molar-refractivity contribution in [2.75, 3.05) is 13.2 Å². The van der Waals surface area contributed by atoms with Crippen LogP contribution in [0.5, 0.6) is 0 Å². The van der Waals surface area contributed by atoms with Gasteiger partial charge in [0.05, 0.1) is 25.4 Å². The van der Waals surface area contributed by atoms with Gasteiger partial charge < -0.3 is 20.3 Å². The van der Waals surface area contributed by atoms with Gasteiger partial charge in [0.1, 0.15) is 0 Å². The second-order valence-corrected chi connectivity index (χ2v) is 25.3. The maximum absolute atomic E-state index is 12.6. The summed E-state index contributed by atoms with van der Waals surface area (Å²) in [6, 6.07) is -0.549. The molecule has 2 atom stereocenters. The number of aliphatic hydroxyl groups excluding tert-OH is 2. The van der Waals surface area contributed by atoms with Gasteiger partial charge in [-0.15, -0.1) is 0 Å². The zero-order valence-corrected chi connectivity index (χ0v) is 53.9. The van der Waals surface area contributed by atoms with E-state index in [1.807, 2.05) is 0 Å². The minimum atomic E-state index is -0.671. The van der Waals surface area contributed by atoms with Gasteiger partial charge in [-0.2, -0.15) is 0 Å². The first kappa shape index (κ1) is 77.6. The second kappa shape index (κ2) is 69.1. The fraction of sp³-hybridized carbons (Fsp3) is 0.945. The summed E-state index contributed by atoms with van der Waals surface area (Å²) in [5.74, 6) is -0.0258. The number of hydrogen-bond acceptors (Lipinski definition) is 5. The van der Waals surface area contributed by atoms with Crippen molar-refractivity contribution in [1.82, 2.24) is 5.32 Å². The molecule has 6 nitrogen and oxygen atoms in total. The van der Waals surface area contributed by atoms with Gasteiger partial charge in [0.2, 0.25) is 5.91 Å². The number of esters is 1. The normalized spacial score (nSPS) is 12.5. The van der Waals surface area contributed by atoms with Crippen molar-refractivity contribution >= 4 is 11.9 Å². The fourth-order valence-corrected chi connectivity index (χ4v) is 11.8. The monoisotopic (exact) mass is 1110 g/mol. The minimum absolute atomic E-state index is 0.0125. The lowest BCUT2D eigenvalue weighted by Gasteiger charge is -2.22. The highest BCUT2D eigenvalue weighted by atomic mass is 16.5. The molecule has 1 amide bonds. The van der Waals surface area contributed by atoms with Gasteiger partial charge in [0.25, 0.3) is 0 Å². The molecule has 0 radical (unpaired) electrons. The Kier molecular flexibility index (Phi) is 67.9. The molecule has 0 rings (SSSR count). The van der Waals surface area contributed by atoms with Gasteiger partial charge in [-0.05, 0) is 51.4 Å². The molecule has 470 valence electrons. The van der Waals surface area contributed by atoms with E-state index in [0.717, 1.165) is 38.5 Å². The quantitative estimate of drug-likeness (QED) is 0.0320. The van der Waals surface area contributed by atoms with Crippen molar-refractivity contribution in [3.8, 4) is 0 Å². The number of rotatable bonds is 69. The van der Waals surface area contributed by atoms with Crippen LogP contribution in [0.4, 0.5) is 0 Å². The van der Waals surface area contributed by atoms with E-state index in [9.17, 15) is 19.8 Å². The standard InChI is InChI=1S/C73H143NO5/c1-3-5-7-9-11-13-15-17-19-21-23-24-25-26-30-33-37-41-45-49-53-57-61-65-71(76)70(69-75)74-72(77)66-62-58-54-50-46-42-38-34-31-27-28-32-36-40-44-48-52-56-60-64-68-79-73(78)67-63-59-55-51-47-43-39-35-29-22-20-18-16-14-12-10-8-6-4-2/h27,31,70-71,75-76H,3-26,28-30,32-69H2,1-2H3,(H,74,77)/b31-27-. The van der Waals surface area contributed by atoms with Gasteiger partial charge in [0, 0.05) is 12.8 Å². The topological polar surface area (TPSA) is 95.9 Å². The number of hydrogen-bond donors (Lipinski definition) is 3. The molecule has 0 aromatic heterocycles. The van der Waals surface area contributed by atoms with Crippen molar-refractivity contribution in [3.63, 3.8) is 0 Å². The molecule has 0 bridgehead atoms. The molecule has 0 aliphatic heterocycles. The number of amides is 1. The van der Waals surface area contributed by atoms with Crippen molar-refractivity contribution in [2.45, 2.75) is 431 Å². The highest BCUT2D eigenvalue weighted by Crippen LogP contribution is 2.19. The molecule has 2 unspecified atom stereocenters. The molecule has 0 saturated heterocycles. The molecular weight excluding hydrogens is 971 g/mol. The van der Waals surface area contributed by atoms with E-state index < -0.39 is 12.1 Å². The molecule has 3 N–H and O–H groups in total. The van der Waals surface area contributed by atoms with Gasteiger partial charge in [-0.3, -0.25) is 9.59 Å². The first-order valence-corrected chi connectivity index (χ1v) is 36.4. The predicted molar refractivity (Wildman–Crippen MR) is 347 cm³/mol. The van der Waals surface area contributed by atoms with E-state index in [1.54, 1.807) is 0 Å². The number of nitrogens with one attached hydrogen (secondary N) is 1. The van der Waals surface area contributed by atoms with Gasteiger partial charge in [-0.25, -0.2) is 0 Å². The molecule has 6 heteroatoms. The van der Waals surface area contributed by atoms with E-state index in [4.69, 9.17) is 4.74 Å². The molecule has 0 aliphatic rings. The smallest absolute Gasteiger partial charge is 0.305 e. The summed E-state index contributed by atoms with van der Waals surface area (Å²) in [7, 11) is 0. The average Bonchev–Trinajstić information content (AvgIpc) is 3.45. The van der Waals surface area contributed by atoms with E-state index in [1.165, 1.54) is 347 Å². The summed E-state index contributed by atoms with van der Waals surface area (Å²) in [5, 5.41) is 23.4. The average molecular weight is 1110 g/mol. The number of ether oxygens (including phenoxy) is 1. The van der Waals surface area contributed by atoms with Crippen LogP contribution in [0.15, 0.2) is 12.2 Å².